The van der Waals surface area contributed by atoms with E-state index in [9.17, 15) is 4.79 Å². The summed E-state index contributed by atoms with van der Waals surface area (Å²) in [5.74, 6) is 0.662. The van der Waals surface area contributed by atoms with Crippen LogP contribution < -0.4 is 5.32 Å². The lowest BCUT2D eigenvalue weighted by Crippen LogP contribution is -2.48. The second-order valence-corrected chi connectivity index (χ2v) is 6.71. The van der Waals surface area contributed by atoms with E-state index in [0.717, 1.165) is 19.0 Å². The fourth-order valence-electron chi connectivity index (χ4n) is 3.04. The quantitative estimate of drug-likeness (QED) is 0.676. The Hall–Kier alpha value is -0.650. The molecule has 2 fully saturated rings. The van der Waals surface area contributed by atoms with E-state index in [0.29, 0.717) is 12.6 Å². The SMILES string of the molecule is CCOC(=O)C(CN(C)CC1CCN(C)CC1)NC1CC1. The van der Waals surface area contributed by atoms with Crippen LogP contribution in [0.5, 0.6) is 0 Å². The van der Waals surface area contributed by atoms with Gasteiger partial charge in [-0.1, -0.05) is 0 Å². The van der Waals surface area contributed by atoms with Crippen LogP contribution in [0.1, 0.15) is 32.6 Å². The maximum absolute atomic E-state index is 12.1. The Bertz CT molecular complexity index is 325. The first kappa shape index (κ1) is 16.7. The second-order valence-electron chi connectivity index (χ2n) is 6.71. The van der Waals surface area contributed by atoms with Crippen molar-refractivity contribution in [1.29, 1.82) is 0 Å². The van der Waals surface area contributed by atoms with Gasteiger partial charge in [0, 0.05) is 19.1 Å². The summed E-state index contributed by atoms with van der Waals surface area (Å²) in [5, 5.41) is 3.43. The molecule has 0 radical (unpaired) electrons. The van der Waals surface area contributed by atoms with Crippen molar-refractivity contribution in [3.8, 4) is 0 Å². The first-order valence-electron chi connectivity index (χ1n) is 8.38. The number of ether oxygens (including phenoxy) is 1. The molecule has 5 heteroatoms. The highest BCUT2D eigenvalue weighted by Crippen LogP contribution is 2.20. The largest absolute Gasteiger partial charge is 0.465 e. The minimum Gasteiger partial charge on any atom is -0.465 e. The van der Waals surface area contributed by atoms with Crippen LogP contribution in [0.3, 0.4) is 0 Å². The number of likely N-dealkylation sites (tertiary alicyclic amines) is 1. The van der Waals surface area contributed by atoms with E-state index < -0.39 is 0 Å². The van der Waals surface area contributed by atoms with E-state index in [2.05, 4.69) is 29.2 Å². The van der Waals surface area contributed by atoms with Crippen molar-refractivity contribution in [2.75, 3.05) is 46.9 Å². The molecule has 0 amide bonds. The molecule has 0 bridgehead atoms. The number of esters is 1. The van der Waals surface area contributed by atoms with E-state index in [-0.39, 0.29) is 12.0 Å². The summed E-state index contributed by atoms with van der Waals surface area (Å²) < 4.78 is 5.20. The summed E-state index contributed by atoms with van der Waals surface area (Å²) in [4.78, 5) is 16.8. The molecule has 0 aromatic heterocycles. The summed E-state index contributed by atoms with van der Waals surface area (Å²) in [5.41, 5.74) is 0. The first-order chi connectivity index (χ1) is 10.1. The zero-order valence-corrected chi connectivity index (χ0v) is 13.8. The average Bonchev–Trinajstić information content (AvgIpc) is 3.25. The molecular weight excluding hydrogens is 266 g/mol. The molecule has 1 saturated heterocycles. The molecule has 2 rings (SSSR count). The van der Waals surface area contributed by atoms with Crippen molar-refractivity contribution >= 4 is 5.97 Å². The first-order valence-corrected chi connectivity index (χ1v) is 8.38. The zero-order valence-electron chi connectivity index (χ0n) is 13.8. The zero-order chi connectivity index (χ0) is 15.2. The summed E-state index contributed by atoms with van der Waals surface area (Å²) in [6.45, 7) is 6.55. The van der Waals surface area contributed by atoms with Crippen LogP contribution in [0, 0.1) is 5.92 Å². The van der Waals surface area contributed by atoms with Gasteiger partial charge < -0.3 is 19.9 Å². The number of nitrogens with zero attached hydrogens (tertiary/aromatic N) is 2. The molecule has 0 aromatic rings. The van der Waals surface area contributed by atoms with E-state index in [1.165, 1.54) is 38.8 Å². The predicted molar refractivity (Wildman–Crippen MR) is 84.3 cm³/mol. The lowest BCUT2D eigenvalue weighted by molar-refractivity contribution is -0.146. The molecule has 1 N–H and O–H groups in total. The predicted octanol–water partition coefficient (Wildman–Crippen LogP) is 0.944. The van der Waals surface area contributed by atoms with Crippen LogP contribution in [-0.4, -0.2) is 74.7 Å². The third-order valence-corrected chi connectivity index (χ3v) is 4.49. The summed E-state index contributed by atoms with van der Waals surface area (Å²) in [7, 11) is 4.31. The molecule has 1 aliphatic carbocycles. The van der Waals surface area contributed by atoms with Gasteiger partial charge >= 0.3 is 5.97 Å². The second kappa shape index (κ2) is 8.11. The van der Waals surface area contributed by atoms with Gasteiger partial charge in [-0.2, -0.15) is 0 Å². The van der Waals surface area contributed by atoms with Gasteiger partial charge in [-0.15, -0.1) is 0 Å². The molecular formula is C16H31N3O2. The molecule has 21 heavy (non-hydrogen) atoms. The number of carbonyl (C=O) groups is 1. The lowest BCUT2D eigenvalue weighted by atomic mass is 9.96. The summed E-state index contributed by atoms with van der Waals surface area (Å²) >= 11 is 0. The van der Waals surface area contributed by atoms with E-state index in [4.69, 9.17) is 4.74 Å². The molecule has 1 unspecified atom stereocenters. The fraction of sp³-hybridized carbons (Fsp3) is 0.938. The number of rotatable bonds is 8. The molecule has 1 aliphatic heterocycles. The van der Waals surface area contributed by atoms with Gasteiger partial charge in [0.25, 0.3) is 0 Å². The van der Waals surface area contributed by atoms with Gasteiger partial charge in [0.15, 0.2) is 0 Å². The molecule has 1 heterocycles. The van der Waals surface area contributed by atoms with E-state index >= 15 is 0 Å². The Labute approximate surface area is 129 Å². The van der Waals surface area contributed by atoms with Gasteiger partial charge in [-0.25, -0.2) is 0 Å². The molecule has 0 spiro atoms. The van der Waals surface area contributed by atoms with Crippen LogP contribution in [0.2, 0.25) is 0 Å². The van der Waals surface area contributed by atoms with E-state index in [1.807, 2.05) is 6.92 Å². The van der Waals surface area contributed by atoms with Gasteiger partial charge in [0.2, 0.25) is 0 Å². The molecule has 2 aliphatic rings. The lowest BCUT2D eigenvalue weighted by Gasteiger charge is -2.32. The summed E-state index contributed by atoms with van der Waals surface area (Å²) in [6, 6.07) is 0.352. The fourth-order valence-corrected chi connectivity index (χ4v) is 3.04. The standard InChI is InChI=1S/C16H31N3O2/c1-4-21-16(20)15(17-14-5-6-14)12-19(3)11-13-7-9-18(2)10-8-13/h13-15,17H,4-12H2,1-3H3. The van der Waals surface area contributed by atoms with Crippen molar-refractivity contribution in [2.24, 2.45) is 5.92 Å². The maximum Gasteiger partial charge on any atom is 0.324 e. The smallest absolute Gasteiger partial charge is 0.324 e. The van der Waals surface area contributed by atoms with Crippen molar-refractivity contribution in [1.82, 2.24) is 15.1 Å². The van der Waals surface area contributed by atoms with Crippen molar-refractivity contribution < 1.29 is 9.53 Å². The van der Waals surface area contributed by atoms with Gasteiger partial charge in [-0.3, -0.25) is 4.79 Å². The number of hydrogen-bond acceptors (Lipinski definition) is 5. The van der Waals surface area contributed by atoms with Crippen molar-refractivity contribution in [3.63, 3.8) is 0 Å². The minimum absolute atomic E-state index is 0.0976. The topological polar surface area (TPSA) is 44.8 Å². The number of likely N-dealkylation sites (N-methyl/N-ethyl adjacent to an activating group) is 1. The average molecular weight is 297 g/mol. The van der Waals surface area contributed by atoms with Crippen molar-refractivity contribution in [3.05, 3.63) is 0 Å². The molecule has 0 aromatic carbocycles. The Kier molecular flexibility index (Phi) is 6.45. The Morgan fingerprint density at radius 1 is 1.33 bits per heavy atom. The van der Waals surface area contributed by atoms with Crippen LogP contribution in [0.15, 0.2) is 0 Å². The summed E-state index contributed by atoms with van der Waals surface area (Å²) in [6.07, 6.45) is 4.91. The number of nitrogens with one attached hydrogen (secondary N) is 1. The highest BCUT2D eigenvalue weighted by atomic mass is 16.5. The van der Waals surface area contributed by atoms with Crippen LogP contribution in [-0.2, 0) is 9.53 Å². The molecule has 5 nitrogen and oxygen atoms in total. The van der Waals surface area contributed by atoms with Gasteiger partial charge in [0.1, 0.15) is 6.04 Å². The molecule has 1 atom stereocenters. The molecule has 122 valence electrons. The monoisotopic (exact) mass is 297 g/mol. The van der Waals surface area contributed by atoms with E-state index in [1.54, 1.807) is 0 Å². The van der Waals surface area contributed by atoms with Crippen LogP contribution >= 0.6 is 0 Å². The highest BCUT2D eigenvalue weighted by Gasteiger charge is 2.30. The third kappa shape index (κ3) is 5.93. The number of carbonyl (C=O) groups excluding carboxylic acids is 1. The highest BCUT2D eigenvalue weighted by molar-refractivity contribution is 5.76. The van der Waals surface area contributed by atoms with Crippen LogP contribution in [0.4, 0.5) is 0 Å². The molecule has 1 saturated carbocycles. The maximum atomic E-state index is 12.1. The normalized spacial score (nSPS) is 22.5. The Morgan fingerprint density at radius 2 is 2.00 bits per heavy atom. The third-order valence-electron chi connectivity index (χ3n) is 4.49. The Morgan fingerprint density at radius 3 is 2.57 bits per heavy atom. The van der Waals surface area contributed by atoms with Gasteiger partial charge in [-0.05, 0) is 65.7 Å². The van der Waals surface area contributed by atoms with Gasteiger partial charge in [0.05, 0.1) is 6.61 Å². The number of hydrogen-bond donors (Lipinski definition) is 1. The minimum atomic E-state index is -0.172. The van der Waals surface area contributed by atoms with Crippen LogP contribution in [0.25, 0.3) is 0 Å². The Balaban J connectivity index is 1.76. The van der Waals surface area contributed by atoms with Crippen molar-refractivity contribution in [2.45, 2.75) is 44.7 Å². The number of piperidine rings is 1.